The number of rotatable bonds is 6. The Morgan fingerprint density at radius 1 is 1.53 bits per heavy atom. The molecule has 1 amide bonds. The minimum absolute atomic E-state index is 0.109. The van der Waals surface area contributed by atoms with Crippen LogP contribution in [0.1, 0.15) is 5.56 Å². The fourth-order valence-corrected chi connectivity index (χ4v) is 1.99. The van der Waals surface area contributed by atoms with Crippen molar-refractivity contribution in [1.29, 1.82) is 5.26 Å². The molecule has 100 valence electrons. The standard InChI is InChI=1S/C12H13N3O3S/c13-5-8-2-1-3-9(4-8)15-11(16)7-19-6-10(14)12(17)18/h1-4,10H,6-7,14H2,(H,15,16)(H,17,18). The first-order valence-electron chi connectivity index (χ1n) is 5.39. The van der Waals surface area contributed by atoms with Gasteiger partial charge in [0.05, 0.1) is 17.4 Å². The molecule has 1 aromatic rings. The molecule has 0 spiro atoms. The molecule has 0 aliphatic rings. The lowest BCUT2D eigenvalue weighted by molar-refractivity contribution is -0.137. The molecule has 19 heavy (non-hydrogen) atoms. The first-order valence-corrected chi connectivity index (χ1v) is 6.54. The van der Waals surface area contributed by atoms with Crippen molar-refractivity contribution in [2.45, 2.75) is 6.04 Å². The van der Waals surface area contributed by atoms with Gasteiger partial charge >= 0.3 is 5.97 Å². The lowest BCUT2D eigenvalue weighted by atomic mass is 10.2. The third kappa shape index (κ3) is 5.42. The normalized spacial score (nSPS) is 11.4. The maximum Gasteiger partial charge on any atom is 0.321 e. The van der Waals surface area contributed by atoms with E-state index >= 15 is 0 Å². The lowest BCUT2D eigenvalue weighted by Gasteiger charge is -2.07. The van der Waals surface area contributed by atoms with Gasteiger partial charge in [0.1, 0.15) is 6.04 Å². The Labute approximate surface area is 114 Å². The Kier molecular flexibility index (Phi) is 5.85. The molecule has 1 rings (SSSR count). The van der Waals surface area contributed by atoms with Crippen LogP contribution in [0, 0.1) is 11.3 Å². The summed E-state index contributed by atoms with van der Waals surface area (Å²) in [6.07, 6.45) is 0. The molecule has 0 bridgehead atoms. The van der Waals surface area contributed by atoms with Gasteiger partial charge < -0.3 is 16.2 Å². The van der Waals surface area contributed by atoms with Crippen molar-refractivity contribution in [3.63, 3.8) is 0 Å². The SMILES string of the molecule is N#Cc1cccc(NC(=O)CSCC(N)C(=O)O)c1. The number of nitrogens with one attached hydrogen (secondary N) is 1. The maximum atomic E-state index is 11.6. The van der Waals surface area contributed by atoms with E-state index in [0.29, 0.717) is 11.3 Å². The summed E-state index contributed by atoms with van der Waals surface area (Å²) in [6, 6.07) is 7.54. The van der Waals surface area contributed by atoms with Crippen LogP contribution in [-0.2, 0) is 9.59 Å². The van der Waals surface area contributed by atoms with Crippen molar-refractivity contribution in [3.05, 3.63) is 29.8 Å². The molecule has 6 nitrogen and oxygen atoms in total. The summed E-state index contributed by atoms with van der Waals surface area (Å²) < 4.78 is 0. The second-order valence-electron chi connectivity index (χ2n) is 3.70. The van der Waals surface area contributed by atoms with Crippen molar-refractivity contribution in [3.8, 4) is 6.07 Å². The Morgan fingerprint density at radius 3 is 2.89 bits per heavy atom. The summed E-state index contributed by atoms with van der Waals surface area (Å²) >= 11 is 1.14. The quantitative estimate of drug-likeness (QED) is 0.703. The van der Waals surface area contributed by atoms with Crippen LogP contribution >= 0.6 is 11.8 Å². The Hall–Kier alpha value is -2.04. The number of hydrogen-bond acceptors (Lipinski definition) is 5. The number of thioether (sulfide) groups is 1. The highest BCUT2D eigenvalue weighted by atomic mass is 32.2. The van der Waals surface area contributed by atoms with Crippen molar-refractivity contribution in [2.24, 2.45) is 5.73 Å². The monoisotopic (exact) mass is 279 g/mol. The van der Waals surface area contributed by atoms with Crippen molar-refractivity contribution < 1.29 is 14.7 Å². The number of nitrogens with two attached hydrogens (primary N) is 1. The van der Waals surface area contributed by atoms with Crippen molar-refractivity contribution >= 4 is 29.3 Å². The summed E-state index contributed by atoms with van der Waals surface area (Å²) in [5, 5.41) is 19.9. The van der Waals surface area contributed by atoms with Gasteiger partial charge in [-0.2, -0.15) is 5.26 Å². The number of nitrogens with zero attached hydrogens (tertiary/aromatic N) is 1. The summed E-state index contributed by atoms with van der Waals surface area (Å²) in [5.41, 5.74) is 6.30. The van der Waals surface area contributed by atoms with E-state index in [2.05, 4.69) is 5.32 Å². The second kappa shape index (κ2) is 7.41. The molecule has 0 radical (unpaired) electrons. The van der Waals surface area contributed by atoms with E-state index in [-0.39, 0.29) is 17.4 Å². The highest BCUT2D eigenvalue weighted by Crippen LogP contribution is 2.11. The van der Waals surface area contributed by atoms with E-state index < -0.39 is 12.0 Å². The van der Waals surface area contributed by atoms with Crippen molar-refractivity contribution in [1.82, 2.24) is 0 Å². The highest BCUT2D eigenvalue weighted by molar-refractivity contribution is 8.00. The van der Waals surface area contributed by atoms with Gasteiger partial charge in [-0.05, 0) is 18.2 Å². The molecule has 7 heteroatoms. The van der Waals surface area contributed by atoms with E-state index in [1.54, 1.807) is 24.3 Å². The van der Waals surface area contributed by atoms with E-state index in [4.69, 9.17) is 16.1 Å². The number of nitriles is 1. The van der Waals surface area contributed by atoms with Crippen LogP contribution in [0.15, 0.2) is 24.3 Å². The van der Waals surface area contributed by atoms with Gasteiger partial charge in [0.15, 0.2) is 0 Å². The van der Waals surface area contributed by atoms with Gasteiger partial charge in [0, 0.05) is 11.4 Å². The van der Waals surface area contributed by atoms with Gasteiger partial charge in [-0.1, -0.05) is 6.07 Å². The van der Waals surface area contributed by atoms with Crippen LogP contribution in [0.3, 0.4) is 0 Å². The average Bonchev–Trinajstić information content (AvgIpc) is 2.38. The van der Waals surface area contributed by atoms with Gasteiger partial charge in [0.25, 0.3) is 0 Å². The minimum Gasteiger partial charge on any atom is -0.480 e. The zero-order valence-corrected chi connectivity index (χ0v) is 10.8. The van der Waals surface area contributed by atoms with Crippen LogP contribution in [0.25, 0.3) is 0 Å². The van der Waals surface area contributed by atoms with Gasteiger partial charge in [-0.25, -0.2) is 0 Å². The lowest BCUT2D eigenvalue weighted by Crippen LogP contribution is -2.33. The molecule has 0 saturated heterocycles. The fraction of sp³-hybridized carbons (Fsp3) is 0.250. The third-order valence-corrected chi connectivity index (χ3v) is 3.18. The summed E-state index contributed by atoms with van der Waals surface area (Å²) in [5.74, 6) is -1.08. The fourth-order valence-electron chi connectivity index (χ4n) is 1.21. The van der Waals surface area contributed by atoms with Crippen LogP contribution in [0.4, 0.5) is 5.69 Å². The number of carboxylic acids is 1. The number of aliphatic carboxylic acids is 1. The number of carboxylic acid groups (broad SMARTS) is 1. The summed E-state index contributed by atoms with van der Waals surface area (Å²) in [4.78, 5) is 22.0. The maximum absolute atomic E-state index is 11.6. The molecule has 0 saturated carbocycles. The molecule has 0 aliphatic carbocycles. The number of carbonyl (C=O) groups excluding carboxylic acids is 1. The van der Waals surface area contributed by atoms with Gasteiger partial charge in [-0.3, -0.25) is 9.59 Å². The van der Waals surface area contributed by atoms with E-state index in [1.807, 2.05) is 6.07 Å². The Balaban J connectivity index is 2.39. The van der Waals surface area contributed by atoms with Crippen LogP contribution in [-0.4, -0.2) is 34.5 Å². The number of amides is 1. The molecule has 4 N–H and O–H groups in total. The first-order chi connectivity index (χ1) is 9.02. The zero-order valence-electron chi connectivity index (χ0n) is 10.00. The van der Waals surface area contributed by atoms with Crippen LogP contribution in [0.2, 0.25) is 0 Å². The minimum atomic E-state index is -1.09. The average molecular weight is 279 g/mol. The molecule has 0 aliphatic heterocycles. The number of carbonyl (C=O) groups is 2. The van der Waals surface area contributed by atoms with Crippen LogP contribution in [0.5, 0.6) is 0 Å². The predicted octanol–water partition coefficient (Wildman–Crippen LogP) is 0.642. The van der Waals surface area contributed by atoms with E-state index in [1.165, 1.54) is 0 Å². The predicted molar refractivity (Wildman–Crippen MR) is 72.7 cm³/mol. The molecule has 1 unspecified atom stereocenters. The number of hydrogen-bond donors (Lipinski definition) is 3. The first kappa shape index (κ1) is 15.0. The van der Waals surface area contributed by atoms with Crippen molar-refractivity contribution in [2.75, 3.05) is 16.8 Å². The highest BCUT2D eigenvalue weighted by Gasteiger charge is 2.12. The molecular weight excluding hydrogens is 266 g/mol. The third-order valence-electron chi connectivity index (χ3n) is 2.12. The van der Waals surface area contributed by atoms with Crippen LogP contribution < -0.4 is 11.1 Å². The number of anilines is 1. The largest absolute Gasteiger partial charge is 0.480 e. The van der Waals surface area contributed by atoms with E-state index in [9.17, 15) is 9.59 Å². The smallest absolute Gasteiger partial charge is 0.321 e. The Morgan fingerprint density at radius 2 is 2.26 bits per heavy atom. The molecule has 0 aromatic heterocycles. The van der Waals surface area contributed by atoms with Gasteiger partial charge in [0.2, 0.25) is 5.91 Å². The van der Waals surface area contributed by atoms with E-state index in [0.717, 1.165) is 11.8 Å². The molecule has 0 fully saturated rings. The molecule has 0 heterocycles. The van der Waals surface area contributed by atoms with Gasteiger partial charge in [-0.15, -0.1) is 11.8 Å². The summed E-state index contributed by atoms with van der Waals surface area (Å²) in [6.45, 7) is 0. The molecule has 1 aromatic carbocycles. The second-order valence-corrected chi connectivity index (χ2v) is 4.73. The number of benzene rings is 1. The molecular formula is C12H13N3O3S. The zero-order chi connectivity index (χ0) is 14.3. The summed E-state index contributed by atoms with van der Waals surface area (Å²) in [7, 11) is 0. The Bertz CT molecular complexity index is 513. The molecule has 1 atom stereocenters. The topological polar surface area (TPSA) is 116 Å².